The van der Waals surface area contributed by atoms with Crippen molar-refractivity contribution in [3.05, 3.63) is 78.3 Å². The number of rotatable bonds is 4. The average Bonchev–Trinajstić information content (AvgIpc) is 2.77. The van der Waals surface area contributed by atoms with Gasteiger partial charge in [-0.05, 0) is 24.3 Å². The molecule has 4 rings (SSSR count). The van der Waals surface area contributed by atoms with Crippen LogP contribution in [0.3, 0.4) is 0 Å². The maximum atomic E-state index is 13.9. The van der Waals surface area contributed by atoms with Crippen molar-refractivity contribution in [3.63, 3.8) is 0 Å². The lowest BCUT2D eigenvalue weighted by Gasteiger charge is -2.33. The predicted molar refractivity (Wildman–Crippen MR) is 113 cm³/mol. The number of para-hydroxylation sites is 1. The van der Waals surface area contributed by atoms with Crippen LogP contribution in [0.4, 0.5) is 4.39 Å². The van der Waals surface area contributed by atoms with Gasteiger partial charge in [0.25, 0.3) is 0 Å². The molecule has 1 aliphatic rings. The lowest BCUT2D eigenvalue weighted by atomic mass is 10.1. The van der Waals surface area contributed by atoms with E-state index >= 15 is 0 Å². The van der Waals surface area contributed by atoms with Gasteiger partial charge in [0.2, 0.25) is 15.9 Å². The minimum Gasteiger partial charge on any atom is -0.337 e. The zero-order chi connectivity index (χ0) is 21.1. The first-order valence-corrected chi connectivity index (χ1v) is 11.0. The first kappa shape index (κ1) is 20.2. The zero-order valence-electron chi connectivity index (χ0n) is 16.1. The van der Waals surface area contributed by atoms with Gasteiger partial charge in [0.1, 0.15) is 10.7 Å². The molecule has 2 aromatic carbocycles. The predicted octanol–water partition coefficient (Wildman–Crippen LogP) is 2.92. The number of piperazine rings is 1. The van der Waals surface area contributed by atoms with E-state index in [1.165, 1.54) is 28.6 Å². The topological polar surface area (TPSA) is 70.6 Å². The molecular formula is C22H20FN3O3S. The number of nitrogens with zero attached hydrogens (tertiary/aromatic N) is 3. The van der Waals surface area contributed by atoms with Crippen molar-refractivity contribution in [1.29, 1.82) is 0 Å². The molecule has 1 fully saturated rings. The van der Waals surface area contributed by atoms with Crippen LogP contribution >= 0.6 is 0 Å². The Morgan fingerprint density at radius 3 is 2.47 bits per heavy atom. The van der Waals surface area contributed by atoms with E-state index in [4.69, 9.17) is 0 Å². The molecule has 0 N–H and O–H groups in total. The average molecular weight is 425 g/mol. The fourth-order valence-electron chi connectivity index (χ4n) is 3.47. The number of carbonyl (C=O) groups excluding carboxylic acids is 1. The second-order valence-corrected chi connectivity index (χ2v) is 8.82. The third kappa shape index (κ3) is 3.96. The fraction of sp³-hybridized carbons (Fsp3) is 0.182. The Bertz CT molecular complexity index is 1210. The van der Waals surface area contributed by atoms with Crippen molar-refractivity contribution in [2.75, 3.05) is 26.2 Å². The molecule has 1 aromatic heterocycles. The molecule has 30 heavy (non-hydrogen) atoms. The summed E-state index contributed by atoms with van der Waals surface area (Å²) in [5.74, 6) is -0.978. The van der Waals surface area contributed by atoms with Gasteiger partial charge < -0.3 is 4.90 Å². The van der Waals surface area contributed by atoms with Crippen molar-refractivity contribution in [2.45, 2.75) is 4.90 Å². The Balaban J connectivity index is 1.43. The Hall–Kier alpha value is -3.10. The van der Waals surface area contributed by atoms with Crippen LogP contribution in [-0.4, -0.2) is 54.7 Å². The molecule has 6 nitrogen and oxygen atoms in total. The van der Waals surface area contributed by atoms with Crippen molar-refractivity contribution < 1.29 is 17.6 Å². The van der Waals surface area contributed by atoms with E-state index in [9.17, 15) is 17.6 Å². The van der Waals surface area contributed by atoms with Gasteiger partial charge in [-0.15, -0.1) is 0 Å². The SMILES string of the molecule is O=C(/C=C/c1cccc2cccnc12)N1CCN(S(=O)(=O)c2ccccc2F)CC1. The van der Waals surface area contributed by atoms with E-state index < -0.39 is 15.8 Å². The molecule has 1 amide bonds. The van der Waals surface area contributed by atoms with Gasteiger partial charge in [-0.1, -0.05) is 36.4 Å². The zero-order valence-corrected chi connectivity index (χ0v) is 16.9. The highest BCUT2D eigenvalue weighted by Gasteiger charge is 2.31. The van der Waals surface area contributed by atoms with E-state index in [1.54, 1.807) is 17.2 Å². The molecule has 0 saturated carbocycles. The number of sulfonamides is 1. The standard InChI is InChI=1S/C22H20FN3O3S/c23-19-8-1-2-9-20(19)30(28,29)26-15-13-25(14-16-26)21(27)11-10-18-6-3-5-17-7-4-12-24-22(17)18/h1-12H,13-16H2/b11-10+. The Labute approximate surface area is 174 Å². The number of pyridine rings is 1. The number of amides is 1. The van der Waals surface area contributed by atoms with E-state index in [-0.39, 0.29) is 37.0 Å². The first-order chi connectivity index (χ1) is 14.5. The number of halogens is 1. The van der Waals surface area contributed by atoms with Gasteiger partial charge in [0, 0.05) is 49.4 Å². The number of hydrogen-bond acceptors (Lipinski definition) is 4. The molecule has 0 radical (unpaired) electrons. The molecule has 1 saturated heterocycles. The monoisotopic (exact) mass is 425 g/mol. The van der Waals surface area contributed by atoms with Crippen molar-refractivity contribution in [2.24, 2.45) is 0 Å². The highest BCUT2D eigenvalue weighted by molar-refractivity contribution is 7.89. The van der Waals surface area contributed by atoms with E-state index in [2.05, 4.69) is 4.98 Å². The Morgan fingerprint density at radius 2 is 1.70 bits per heavy atom. The highest BCUT2D eigenvalue weighted by Crippen LogP contribution is 2.21. The van der Waals surface area contributed by atoms with Crippen LogP contribution in [0.25, 0.3) is 17.0 Å². The minimum absolute atomic E-state index is 0.117. The van der Waals surface area contributed by atoms with Gasteiger partial charge >= 0.3 is 0 Å². The van der Waals surface area contributed by atoms with Gasteiger partial charge in [-0.2, -0.15) is 4.31 Å². The summed E-state index contributed by atoms with van der Waals surface area (Å²) in [6, 6.07) is 14.9. The molecule has 0 aliphatic carbocycles. The van der Waals surface area contributed by atoms with Gasteiger partial charge in [0.15, 0.2) is 0 Å². The normalized spacial score (nSPS) is 15.7. The fourth-order valence-corrected chi connectivity index (χ4v) is 4.96. The van der Waals surface area contributed by atoms with E-state index in [1.807, 2.05) is 30.3 Å². The second-order valence-electron chi connectivity index (χ2n) is 6.92. The molecule has 8 heteroatoms. The van der Waals surface area contributed by atoms with Crippen LogP contribution in [0.1, 0.15) is 5.56 Å². The highest BCUT2D eigenvalue weighted by atomic mass is 32.2. The molecule has 0 atom stereocenters. The lowest BCUT2D eigenvalue weighted by Crippen LogP contribution is -2.50. The molecule has 0 bridgehead atoms. The molecule has 3 aromatic rings. The summed E-state index contributed by atoms with van der Waals surface area (Å²) in [4.78, 5) is 18.2. The van der Waals surface area contributed by atoms with Crippen molar-refractivity contribution >= 4 is 32.9 Å². The molecular weight excluding hydrogens is 405 g/mol. The summed E-state index contributed by atoms with van der Waals surface area (Å²) in [5, 5.41) is 0.985. The maximum Gasteiger partial charge on any atom is 0.246 e. The summed E-state index contributed by atoms with van der Waals surface area (Å²) in [6.45, 7) is 0.716. The van der Waals surface area contributed by atoms with Crippen molar-refractivity contribution in [3.8, 4) is 0 Å². The third-order valence-electron chi connectivity index (χ3n) is 5.07. The summed E-state index contributed by atoms with van der Waals surface area (Å²) >= 11 is 0. The largest absolute Gasteiger partial charge is 0.337 e. The number of benzene rings is 2. The van der Waals surface area contributed by atoms with Gasteiger partial charge in [-0.25, -0.2) is 12.8 Å². The number of fused-ring (bicyclic) bond motifs is 1. The summed E-state index contributed by atoms with van der Waals surface area (Å²) in [7, 11) is -3.93. The number of hydrogen-bond donors (Lipinski definition) is 0. The molecule has 1 aliphatic heterocycles. The van der Waals surface area contributed by atoms with Crippen LogP contribution in [-0.2, 0) is 14.8 Å². The van der Waals surface area contributed by atoms with Crippen LogP contribution < -0.4 is 0 Å². The molecule has 0 spiro atoms. The van der Waals surface area contributed by atoms with E-state index in [0.717, 1.165) is 22.5 Å². The Kier molecular flexibility index (Phi) is 5.61. The smallest absolute Gasteiger partial charge is 0.246 e. The van der Waals surface area contributed by atoms with Gasteiger partial charge in [0.05, 0.1) is 5.52 Å². The maximum absolute atomic E-state index is 13.9. The lowest BCUT2D eigenvalue weighted by molar-refractivity contribution is -0.127. The molecule has 2 heterocycles. The van der Waals surface area contributed by atoms with Crippen LogP contribution in [0.15, 0.2) is 71.8 Å². The number of aromatic nitrogens is 1. The van der Waals surface area contributed by atoms with E-state index in [0.29, 0.717) is 0 Å². The molecule has 0 unspecified atom stereocenters. The second kappa shape index (κ2) is 8.33. The summed E-state index contributed by atoms with van der Waals surface area (Å²) in [6.07, 6.45) is 4.90. The molecule has 154 valence electrons. The van der Waals surface area contributed by atoms with Crippen molar-refractivity contribution in [1.82, 2.24) is 14.2 Å². The first-order valence-electron chi connectivity index (χ1n) is 9.52. The van der Waals surface area contributed by atoms with Crippen LogP contribution in [0.2, 0.25) is 0 Å². The van der Waals surface area contributed by atoms with Crippen LogP contribution in [0, 0.1) is 5.82 Å². The quantitative estimate of drug-likeness (QED) is 0.603. The Morgan fingerprint density at radius 1 is 0.967 bits per heavy atom. The minimum atomic E-state index is -3.93. The summed E-state index contributed by atoms with van der Waals surface area (Å²) in [5.41, 5.74) is 1.65. The van der Waals surface area contributed by atoms with Crippen LogP contribution in [0.5, 0.6) is 0 Å². The number of carbonyl (C=O) groups is 1. The van der Waals surface area contributed by atoms with Gasteiger partial charge in [-0.3, -0.25) is 9.78 Å². The summed E-state index contributed by atoms with van der Waals surface area (Å²) < 4.78 is 40.5. The third-order valence-corrected chi connectivity index (χ3v) is 7.01.